The van der Waals surface area contributed by atoms with Crippen LogP contribution in [0.25, 0.3) is 0 Å². The Kier molecular flexibility index (Phi) is 5.43. The summed E-state index contributed by atoms with van der Waals surface area (Å²) in [6, 6.07) is 10.6. The highest BCUT2D eigenvalue weighted by Gasteiger charge is 2.27. The van der Waals surface area contributed by atoms with Gasteiger partial charge in [-0.25, -0.2) is 0 Å². The number of rotatable bonds is 8. The van der Waals surface area contributed by atoms with Gasteiger partial charge in [0.2, 0.25) is 5.91 Å². The number of benzene rings is 1. The topological polar surface area (TPSA) is 59.4 Å². The van der Waals surface area contributed by atoms with Crippen LogP contribution in [0.2, 0.25) is 0 Å². The van der Waals surface area contributed by atoms with Crippen molar-refractivity contribution in [2.75, 3.05) is 20.2 Å². The van der Waals surface area contributed by atoms with E-state index in [-0.39, 0.29) is 11.9 Å². The fourth-order valence-corrected chi connectivity index (χ4v) is 3.86. The number of nitrogens with zero attached hydrogens (tertiary/aromatic N) is 3. The summed E-state index contributed by atoms with van der Waals surface area (Å²) in [5, 5.41) is 7.61. The minimum atomic E-state index is 0.197. The van der Waals surface area contributed by atoms with Gasteiger partial charge in [0.1, 0.15) is 5.75 Å². The standard InChI is InChI=1S/C21H28N4O2/c1-27-20-4-2-3-17(11-20)13-24-14-18(25-19(15-24)8-10-23-25)7-9-22-21(26)12-16-5-6-16/h2-4,8,10-11,16,18H,5-7,9,12-15H2,1H3,(H,22,26)/t18-/m0/s1. The van der Waals surface area contributed by atoms with Gasteiger partial charge in [0, 0.05) is 38.8 Å². The fourth-order valence-electron chi connectivity index (χ4n) is 3.86. The number of carbonyl (C=O) groups excluding carboxylic acids is 1. The van der Waals surface area contributed by atoms with Gasteiger partial charge in [0.05, 0.1) is 18.8 Å². The van der Waals surface area contributed by atoms with Crippen molar-refractivity contribution >= 4 is 5.91 Å². The molecule has 27 heavy (non-hydrogen) atoms. The molecule has 2 aliphatic rings. The van der Waals surface area contributed by atoms with E-state index in [9.17, 15) is 4.79 Å². The van der Waals surface area contributed by atoms with E-state index < -0.39 is 0 Å². The van der Waals surface area contributed by atoms with Crippen LogP contribution in [0.5, 0.6) is 5.75 Å². The molecule has 6 heteroatoms. The number of aromatic nitrogens is 2. The van der Waals surface area contributed by atoms with E-state index in [1.54, 1.807) is 7.11 Å². The number of fused-ring (bicyclic) bond motifs is 1. The van der Waals surface area contributed by atoms with Crippen molar-refractivity contribution in [2.45, 2.75) is 44.8 Å². The molecule has 1 saturated carbocycles. The van der Waals surface area contributed by atoms with E-state index in [1.807, 2.05) is 18.3 Å². The van der Waals surface area contributed by atoms with Crippen molar-refractivity contribution in [3.8, 4) is 5.75 Å². The van der Waals surface area contributed by atoms with Crippen LogP contribution in [0.15, 0.2) is 36.5 Å². The van der Waals surface area contributed by atoms with E-state index in [4.69, 9.17) is 4.74 Å². The normalized spacial score (nSPS) is 19.5. The summed E-state index contributed by atoms with van der Waals surface area (Å²) in [7, 11) is 1.70. The molecule has 2 heterocycles. The fraction of sp³-hybridized carbons (Fsp3) is 0.524. The Hall–Kier alpha value is -2.34. The van der Waals surface area contributed by atoms with Crippen LogP contribution in [0.3, 0.4) is 0 Å². The Balaban J connectivity index is 1.35. The predicted octanol–water partition coefficient (Wildman–Crippen LogP) is 2.76. The van der Waals surface area contributed by atoms with Crippen LogP contribution in [0.1, 0.15) is 43.0 Å². The second-order valence-electron chi connectivity index (χ2n) is 7.73. The molecular weight excluding hydrogens is 340 g/mol. The quantitative estimate of drug-likeness (QED) is 0.778. The van der Waals surface area contributed by atoms with Gasteiger partial charge >= 0.3 is 0 Å². The molecule has 0 bridgehead atoms. The van der Waals surface area contributed by atoms with E-state index in [1.165, 1.54) is 24.1 Å². The van der Waals surface area contributed by atoms with Gasteiger partial charge in [-0.2, -0.15) is 5.10 Å². The lowest BCUT2D eigenvalue weighted by atomic mass is 10.1. The van der Waals surface area contributed by atoms with E-state index in [0.29, 0.717) is 18.9 Å². The zero-order valence-electron chi connectivity index (χ0n) is 15.9. The monoisotopic (exact) mass is 368 g/mol. The molecule has 1 N–H and O–H groups in total. The Morgan fingerprint density at radius 3 is 3.04 bits per heavy atom. The van der Waals surface area contributed by atoms with Gasteiger partial charge in [0.15, 0.2) is 0 Å². The van der Waals surface area contributed by atoms with Crippen molar-refractivity contribution in [3.63, 3.8) is 0 Å². The highest BCUT2D eigenvalue weighted by atomic mass is 16.5. The molecule has 0 spiro atoms. The molecule has 4 rings (SSSR count). The molecule has 2 aromatic rings. The molecule has 1 amide bonds. The Morgan fingerprint density at radius 2 is 2.22 bits per heavy atom. The molecule has 0 unspecified atom stereocenters. The van der Waals surface area contributed by atoms with Crippen molar-refractivity contribution in [2.24, 2.45) is 5.92 Å². The first-order chi connectivity index (χ1) is 13.2. The molecule has 1 aliphatic heterocycles. The number of hydrogen-bond donors (Lipinski definition) is 1. The summed E-state index contributed by atoms with van der Waals surface area (Å²) in [6.45, 7) is 3.42. The van der Waals surface area contributed by atoms with Gasteiger partial charge < -0.3 is 10.1 Å². The SMILES string of the molecule is COc1cccc(CN2Cc3ccnn3[C@@H](CCNC(=O)CC3CC3)C2)c1. The second kappa shape index (κ2) is 8.13. The molecule has 1 aliphatic carbocycles. The number of carbonyl (C=O) groups is 1. The summed E-state index contributed by atoms with van der Waals surface area (Å²) in [5.74, 6) is 1.72. The van der Waals surface area contributed by atoms with Gasteiger partial charge in [-0.05, 0) is 48.9 Å². The Labute approximate surface area is 160 Å². The minimum Gasteiger partial charge on any atom is -0.497 e. The van der Waals surface area contributed by atoms with Crippen molar-refractivity contribution < 1.29 is 9.53 Å². The van der Waals surface area contributed by atoms with Crippen molar-refractivity contribution in [3.05, 3.63) is 47.8 Å². The Morgan fingerprint density at radius 1 is 1.33 bits per heavy atom. The number of methoxy groups -OCH3 is 1. The molecule has 144 valence electrons. The van der Waals surface area contributed by atoms with Crippen molar-refractivity contribution in [1.82, 2.24) is 20.0 Å². The van der Waals surface area contributed by atoms with Crippen LogP contribution < -0.4 is 10.1 Å². The second-order valence-corrected chi connectivity index (χ2v) is 7.73. The third-order valence-corrected chi connectivity index (χ3v) is 5.46. The maximum atomic E-state index is 11.9. The average molecular weight is 368 g/mol. The molecular formula is C21H28N4O2. The number of amides is 1. The summed E-state index contributed by atoms with van der Waals surface area (Å²) in [4.78, 5) is 14.4. The summed E-state index contributed by atoms with van der Waals surface area (Å²) in [6.07, 6.45) is 5.90. The van der Waals surface area contributed by atoms with Gasteiger partial charge in [-0.1, -0.05) is 12.1 Å². The van der Waals surface area contributed by atoms with Gasteiger partial charge in [-0.3, -0.25) is 14.4 Å². The van der Waals surface area contributed by atoms with Crippen LogP contribution in [-0.2, 0) is 17.9 Å². The third-order valence-electron chi connectivity index (χ3n) is 5.46. The van der Waals surface area contributed by atoms with E-state index in [0.717, 1.165) is 31.8 Å². The molecule has 1 aromatic heterocycles. The zero-order valence-corrected chi connectivity index (χ0v) is 15.9. The van der Waals surface area contributed by atoms with Gasteiger partial charge in [0.25, 0.3) is 0 Å². The molecule has 1 aromatic carbocycles. The summed E-state index contributed by atoms with van der Waals surface area (Å²) < 4.78 is 7.48. The zero-order chi connectivity index (χ0) is 18.6. The lowest BCUT2D eigenvalue weighted by molar-refractivity contribution is -0.121. The molecule has 1 atom stereocenters. The first-order valence-corrected chi connectivity index (χ1v) is 9.85. The maximum Gasteiger partial charge on any atom is 0.220 e. The predicted molar refractivity (Wildman–Crippen MR) is 103 cm³/mol. The highest BCUT2D eigenvalue weighted by molar-refractivity contribution is 5.76. The molecule has 0 saturated heterocycles. The number of nitrogens with one attached hydrogen (secondary N) is 1. The first-order valence-electron chi connectivity index (χ1n) is 9.85. The van der Waals surface area contributed by atoms with Crippen molar-refractivity contribution in [1.29, 1.82) is 0 Å². The number of hydrogen-bond acceptors (Lipinski definition) is 4. The van der Waals surface area contributed by atoms with Crippen LogP contribution in [0, 0.1) is 5.92 Å². The lowest BCUT2D eigenvalue weighted by Gasteiger charge is -2.34. The Bertz CT molecular complexity index is 784. The van der Waals surface area contributed by atoms with E-state index >= 15 is 0 Å². The smallest absolute Gasteiger partial charge is 0.220 e. The van der Waals surface area contributed by atoms with Crippen LogP contribution in [0.4, 0.5) is 0 Å². The third kappa shape index (κ3) is 4.69. The summed E-state index contributed by atoms with van der Waals surface area (Å²) in [5.41, 5.74) is 2.48. The number of ether oxygens (including phenoxy) is 1. The largest absolute Gasteiger partial charge is 0.497 e. The molecule has 1 fully saturated rings. The average Bonchev–Trinajstić information content (AvgIpc) is 3.35. The highest BCUT2D eigenvalue weighted by Crippen LogP contribution is 2.32. The van der Waals surface area contributed by atoms with E-state index in [2.05, 4.69) is 38.2 Å². The van der Waals surface area contributed by atoms with Gasteiger partial charge in [-0.15, -0.1) is 0 Å². The minimum absolute atomic E-state index is 0.197. The molecule has 6 nitrogen and oxygen atoms in total. The summed E-state index contributed by atoms with van der Waals surface area (Å²) >= 11 is 0. The first kappa shape index (κ1) is 18.0. The maximum absolute atomic E-state index is 11.9. The van der Waals surface area contributed by atoms with Crippen LogP contribution in [-0.4, -0.2) is 40.8 Å². The van der Waals surface area contributed by atoms with Crippen LogP contribution >= 0.6 is 0 Å². The lowest BCUT2D eigenvalue weighted by Crippen LogP contribution is -2.39. The molecule has 0 radical (unpaired) electrons.